The first kappa shape index (κ1) is 18.0. The van der Waals surface area contributed by atoms with E-state index < -0.39 is 5.97 Å². The van der Waals surface area contributed by atoms with Crippen molar-refractivity contribution in [1.82, 2.24) is 19.9 Å². The third-order valence-corrected chi connectivity index (χ3v) is 4.57. The van der Waals surface area contributed by atoms with Gasteiger partial charge in [0, 0.05) is 19.0 Å². The Morgan fingerprint density at radius 3 is 2.92 bits per heavy atom. The van der Waals surface area contributed by atoms with E-state index in [1.807, 2.05) is 0 Å². The number of carbonyl (C=O) groups excluding carboxylic acids is 1. The molecule has 1 aromatic carbocycles. The summed E-state index contributed by atoms with van der Waals surface area (Å²) in [4.78, 5) is 25.3. The summed E-state index contributed by atoms with van der Waals surface area (Å²) in [6, 6.07) is 6.09. The maximum Gasteiger partial charge on any atom is 0.303 e. The van der Waals surface area contributed by atoms with E-state index in [2.05, 4.69) is 10.3 Å². The van der Waals surface area contributed by atoms with E-state index in [1.54, 1.807) is 23.2 Å². The maximum absolute atomic E-state index is 13.3. The van der Waals surface area contributed by atoms with Crippen LogP contribution in [-0.2, 0) is 11.3 Å². The number of aliphatic carboxylic acids is 1. The fourth-order valence-electron chi connectivity index (χ4n) is 3.30. The molecular formula is C18H21FN4O3. The van der Waals surface area contributed by atoms with Gasteiger partial charge in [0.05, 0.1) is 12.7 Å². The lowest BCUT2D eigenvalue weighted by atomic mass is 9.97. The highest BCUT2D eigenvalue weighted by atomic mass is 19.1. The molecule has 0 saturated carbocycles. The predicted molar refractivity (Wildman–Crippen MR) is 91.1 cm³/mol. The van der Waals surface area contributed by atoms with Gasteiger partial charge in [-0.25, -0.2) is 9.07 Å². The zero-order valence-corrected chi connectivity index (χ0v) is 14.3. The first-order valence-electron chi connectivity index (χ1n) is 8.70. The molecule has 0 bridgehead atoms. The molecule has 7 nitrogen and oxygen atoms in total. The zero-order chi connectivity index (χ0) is 18.5. The van der Waals surface area contributed by atoms with Crippen molar-refractivity contribution >= 4 is 11.9 Å². The number of carboxylic acids is 1. The van der Waals surface area contributed by atoms with Crippen LogP contribution in [0.15, 0.2) is 30.5 Å². The van der Waals surface area contributed by atoms with Crippen molar-refractivity contribution in [3.8, 4) is 0 Å². The summed E-state index contributed by atoms with van der Waals surface area (Å²) in [6.45, 7) is 0.917. The third kappa shape index (κ3) is 4.44. The summed E-state index contributed by atoms with van der Waals surface area (Å²) in [5.74, 6) is -1.41. The van der Waals surface area contributed by atoms with Crippen molar-refractivity contribution < 1.29 is 19.1 Å². The van der Waals surface area contributed by atoms with Crippen LogP contribution in [0.5, 0.6) is 0 Å². The molecule has 2 aromatic rings. The topological polar surface area (TPSA) is 88.3 Å². The van der Waals surface area contributed by atoms with Crippen LogP contribution in [0.25, 0.3) is 0 Å². The first-order valence-corrected chi connectivity index (χ1v) is 8.70. The Hall–Kier alpha value is -2.77. The minimum atomic E-state index is -0.857. The molecule has 2 heterocycles. The minimum Gasteiger partial charge on any atom is -0.481 e. The van der Waals surface area contributed by atoms with Crippen molar-refractivity contribution in [2.45, 2.75) is 44.7 Å². The summed E-state index contributed by atoms with van der Waals surface area (Å²) < 4.78 is 14.8. The number of piperidine rings is 1. The predicted octanol–water partition coefficient (Wildman–Crippen LogP) is 2.33. The van der Waals surface area contributed by atoms with Gasteiger partial charge in [-0.2, -0.15) is 0 Å². The largest absolute Gasteiger partial charge is 0.481 e. The van der Waals surface area contributed by atoms with Crippen LogP contribution in [0.3, 0.4) is 0 Å². The van der Waals surface area contributed by atoms with Crippen molar-refractivity contribution in [3.63, 3.8) is 0 Å². The van der Waals surface area contributed by atoms with Crippen molar-refractivity contribution in [2.24, 2.45) is 0 Å². The SMILES string of the molecule is O=C(O)CCC1CCCCN1C(=O)c1cn(Cc2cccc(F)c2)nn1. The lowest BCUT2D eigenvalue weighted by Crippen LogP contribution is -2.44. The number of hydrogen-bond acceptors (Lipinski definition) is 4. The van der Waals surface area contributed by atoms with E-state index in [4.69, 9.17) is 5.11 Å². The second-order valence-corrected chi connectivity index (χ2v) is 6.51. The highest BCUT2D eigenvalue weighted by Gasteiger charge is 2.29. The quantitative estimate of drug-likeness (QED) is 0.854. The van der Waals surface area contributed by atoms with Crippen LogP contribution < -0.4 is 0 Å². The summed E-state index contributed by atoms with van der Waals surface area (Å²) in [5.41, 5.74) is 0.954. The fourth-order valence-corrected chi connectivity index (χ4v) is 3.30. The number of carboxylic acid groups (broad SMARTS) is 1. The molecule has 138 valence electrons. The van der Waals surface area contributed by atoms with Gasteiger partial charge in [0.2, 0.25) is 0 Å². The summed E-state index contributed by atoms with van der Waals surface area (Å²) >= 11 is 0. The number of halogens is 1. The highest BCUT2D eigenvalue weighted by Crippen LogP contribution is 2.22. The van der Waals surface area contributed by atoms with Gasteiger partial charge in [0.1, 0.15) is 5.82 Å². The van der Waals surface area contributed by atoms with E-state index in [0.717, 1.165) is 24.8 Å². The molecule has 1 amide bonds. The normalized spacial score (nSPS) is 17.3. The standard InChI is InChI=1S/C18H21FN4O3/c19-14-5-3-4-13(10-14)11-22-12-16(20-21-22)18(26)23-9-2-1-6-15(23)7-8-17(24)25/h3-5,10,12,15H,1-2,6-9,11H2,(H,24,25). The Kier molecular flexibility index (Phi) is 5.60. The Morgan fingerprint density at radius 1 is 1.31 bits per heavy atom. The highest BCUT2D eigenvalue weighted by molar-refractivity contribution is 5.92. The molecule has 8 heteroatoms. The molecule has 1 aliphatic rings. The Balaban J connectivity index is 1.68. The molecule has 3 rings (SSSR count). The van der Waals surface area contributed by atoms with Crippen LogP contribution in [0, 0.1) is 5.82 Å². The van der Waals surface area contributed by atoms with E-state index in [-0.39, 0.29) is 29.9 Å². The van der Waals surface area contributed by atoms with Crippen LogP contribution in [-0.4, -0.2) is 49.5 Å². The van der Waals surface area contributed by atoms with Crippen LogP contribution in [0.1, 0.15) is 48.2 Å². The molecular weight excluding hydrogens is 339 g/mol. The van der Waals surface area contributed by atoms with E-state index in [1.165, 1.54) is 16.8 Å². The molecule has 1 fully saturated rings. The molecule has 26 heavy (non-hydrogen) atoms. The van der Waals surface area contributed by atoms with Crippen LogP contribution in [0.2, 0.25) is 0 Å². The van der Waals surface area contributed by atoms with Gasteiger partial charge < -0.3 is 10.0 Å². The monoisotopic (exact) mass is 360 g/mol. The number of likely N-dealkylation sites (tertiary alicyclic amines) is 1. The minimum absolute atomic E-state index is 0.0424. The number of benzene rings is 1. The molecule has 1 N–H and O–H groups in total. The number of rotatable bonds is 6. The second-order valence-electron chi connectivity index (χ2n) is 6.51. The summed E-state index contributed by atoms with van der Waals surface area (Å²) in [6.07, 6.45) is 4.72. The Morgan fingerprint density at radius 2 is 2.15 bits per heavy atom. The lowest BCUT2D eigenvalue weighted by molar-refractivity contribution is -0.137. The molecule has 1 unspecified atom stereocenters. The van der Waals surface area contributed by atoms with Crippen LogP contribution in [0.4, 0.5) is 4.39 Å². The van der Waals surface area contributed by atoms with Gasteiger partial charge in [0.25, 0.3) is 5.91 Å². The average Bonchev–Trinajstić information content (AvgIpc) is 3.08. The van der Waals surface area contributed by atoms with Gasteiger partial charge in [-0.1, -0.05) is 17.3 Å². The van der Waals surface area contributed by atoms with Crippen LogP contribution >= 0.6 is 0 Å². The van der Waals surface area contributed by atoms with Gasteiger partial charge >= 0.3 is 5.97 Å². The van der Waals surface area contributed by atoms with Gasteiger partial charge in [-0.05, 0) is 43.4 Å². The number of carbonyl (C=O) groups is 2. The first-order chi connectivity index (χ1) is 12.5. The fraction of sp³-hybridized carbons (Fsp3) is 0.444. The second kappa shape index (κ2) is 8.07. The number of amides is 1. The number of nitrogens with zero attached hydrogens (tertiary/aromatic N) is 4. The van der Waals surface area contributed by atoms with Gasteiger partial charge in [-0.15, -0.1) is 5.10 Å². The molecule has 0 aliphatic carbocycles. The molecule has 0 radical (unpaired) electrons. The zero-order valence-electron chi connectivity index (χ0n) is 14.3. The molecule has 1 aromatic heterocycles. The Labute approximate surface area is 150 Å². The van der Waals surface area contributed by atoms with Crippen molar-refractivity contribution in [3.05, 3.63) is 47.5 Å². The lowest BCUT2D eigenvalue weighted by Gasteiger charge is -2.35. The average molecular weight is 360 g/mol. The third-order valence-electron chi connectivity index (χ3n) is 4.57. The molecule has 1 atom stereocenters. The van der Waals surface area contributed by atoms with Crippen molar-refractivity contribution in [1.29, 1.82) is 0 Å². The van der Waals surface area contributed by atoms with E-state index in [9.17, 15) is 14.0 Å². The van der Waals surface area contributed by atoms with Gasteiger partial charge in [0.15, 0.2) is 5.69 Å². The maximum atomic E-state index is 13.3. The van der Waals surface area contributed by atoms with E-state index in [0.29, 0.717) is 19.5 Å². The molecule has 0 spiro atoms. The van der Waals surface area contributed by atoms with Gasteiger partial charge in [-0.3, -0.25) is 9.59 Å². The summed E-state index contributed by atoms with van der Waals surface area (Å²) in [7, 11) is 0. The molecule has 1 aliphatic heterocycles. The number of hydrogen-bond donors (Lipinski definition) is 1. The Bertz CT molecular complexity index is 792. The number of aromatic nitrogens is 3. The summed E-state index contributed by atoms with van der Waals surface area (Å²) in [5, 5.41) is 16.8. The van der Waals surface area contributed by atoms with E-state index >= 15 is 0 Å². The van der Waals surface area contributed by atoms with Crippen molar-refractivity contribution in [2.75, 3.05) is 6.54 Å². The molecule has 1 saturated heterocycles. The smallest absolute Gasteiger partial charge is 0.303 e.